The predicted octanol–water partition coefficient (Wildman–Crippen LogP) is 6.09. The molecule has 0 heterocycles. The first-order chi connectivity index (χ1) is 17.3. The molecule has 0 fully saturated rings. The maximum atomic E-state index is 12.1. The van der Waals surface area contributed by atoms with Crippen molar-refractivity contribution in [1.29, 1.82) is 0 Å². The number of hydrogen-bond acceptors (Lipinski definition) is 9. The smallest absolute Gasteiger partial charge is 0.401 e. The summed E-state index contributed by atoms with van der Waals surface area (Å²) in [4.78, 5) is 55.0. The van der Waals surface area contributed by atoms with E-state index in [1.54, 1.807) is 24.3 Å². The zero-order valence-electron chi connectivity index (χ0n) is 21.2. The van der Waals surface area contributed by atoms with Gasteiger partial charge in [0, 0.05) is 13.8 Å². The van der Waals surface area contributed by atoms with Gasteiger partial charge in [-0.3, -0.25) is 9.78 Å². The molecule has 36 heavy (non-hydrogen) atoms. The summed E-state index contributed by atoms with van der Waals surface area (Å²) in [5.74, 6) is -1.47. The van der Waals surface area contributed by atoms with Gasteiger partial charge in [-0.15, -0.1) is 9.78 Å². The molecule has 0 saturated carbocycles. The molecule has 2 aromatic rings. The second-order valence-electron chi connectivity index (χ2n) is 8.16. The molecule has 0 radical (unpaired) electrons. The van der Waals surface area contributed by atoms with Crippen LogP contribution in [0.3, 0.4) is 0 Å². The SMILES string of the molecule is CCCCc1ccc(C(=O)OOC(C)OC(=O)OC(C)OOC(=O)c2ccc(CCCC)cc2)cc1. The van der Waals surface area contributed by atoms with Crippen molar-refractivity contribution in [2.45, 2.75) is 78.8 Å². The van der Waals surface area contributed by atoms with E-state index >= 15 is 0 Å². The van der Waals surface area contributed by atoms with Crippen molar-refractivity contribution < 1.29 is 43.4 Å². The first-order valence-electron chi connectivity index (χ1n) is 12.1. The first kappa shape index (κ1) is 28.8. The van der Waals surface area contributed by atoms with Gasteiger partial charge in [-0.05, 0) is 61.1 Å². The van der Waals surface area contributed by atoms with Crippen molar-refractivity contribution in [2.24, 2.45) is 0 Å². The minimum Gasteiger partial charge on any atom is -0.401 e. The summed E-state index contributed by atoms with van der Waals surface area (Å²) in [6.07, 6.45) is 2.48. The topological polar surface area (TPSA) is 107 Å². The molecule has 0 spiro atoms. The van der Waals surface area contributed by atoms with E-state index in [1.165, 1.54) is 13.8 Å². The fourth-order valence-electron chi connectivity index (χ4n) is 3.03. The summed E-state index contributed by atoms with van der Waals surface area (Å²) in [6, 6.07) is 13.9. The van der Waals surface area contributed by atoms with Gasteiger partial charge in [0.2, 0.25) is 12.6 Å². The van der Waals surface area contributed by atoms with E-state index in [0.29, 0.717) is 11.1 Å². The van der Waals surface area contributed by atoms with Crippen molar-refractivity contribution in [3.63, 3.8) is 0 Å². The van der Waals surface area contributed by atoms with E-state index in [-0.39, 0.29) is 0 Å². The molecule has 0 aliphatic rings. The number of rotatable bonds is 14. The Hall–Kier alpha value is -3.43. The Morgan fingerprint density at radius 3 is 1.33 bits per heavy atom. The number of ether oxygens (including phenoxy) is 2. The van der Waals surface area contributed by atoms with Crippen LogP contribution in [-0.2, 0) is 41.9 Å². The van der Waals surface area contributed by atoms with Crippen molar-refractivity contribution in [1.82, 2.24) is 0 Å². The molecule has 0 N–H and O–H groups in total. The zero-order valence-corrected chi connectivity index (χ0v) is 21.2. The van der Waals surface area contributed by atoms with E-state index in [9.17, 15) is 14.4 Å². The van der Waals surface area contributed by atoms with Gasteiger partial charge in [0.15, 0.2) is 0 Å². The summed E-state index contributed by atoms with van der Waals surface area (Å²) < 4.78 is 9.65. The molecule has 2 aromatic carbocycles. The van der Waals surface area contributed by atoms with E-state index in [1.807, 2.05) is 24.3 Å². The van der Waals surface area contributed by atoms with Crippen LogP contribution in [-0.4, -0.2) is 30.7 Å². The van der Waals surface area contributed by atoms with Gasteiger partial charge in [-0.25, -0.2) is 14.4 Å². The summed E-state index contributed by atoms with van der Waals surface area (Å²) in [6.45, 7) is 6.88. The summed E-state index contributed by atoms with van der Waals surface area (Å²) in [7, 11) is 0. The molecule has 0 bridgehead atoms. The summed E-state index contributed by atoms with van der Waals surface area (Å²) in [5.41, 5.74) is 2.83. The highest BCUT2D eigenvalue weighted by molar-refractivity contribution is 5.89. The average Bonchev–Trinajstić information content (AvgIpc) is 2.88. The fourth-order valence-corrected chi connectivity index (χ4v) is 3.03. The molecular formula is C27H34O9. The molecule has 0 saturated heterocycles. The molecule has 9 nitrogen and oxygen atoms in total. The minimum absolute atomic E-state index is 0.296. The van der Waals surface area contributed by atoms with Crippen LogP contribution in [0, 0.1) is 0 Å². The first-order valence-corrected chi connectivity index (χ1v) is 12.1. The zero-order chi connectivity index (χ0) is 26.3. The largest absolute Gasteiger partial charge is 0.513 e. The van der Waals surface area contributed by atoms with Gasteiger partial charge in [0.25, 0.3) is 0 Å². The highest BCUT2D eigenvalue weighted by Gasteiger charge is 2.20. The fraction of sp³-hybridized carbons (Fsp3) is 0.444. The normalized spacial score (nSPS) is 12.3. The summed E-state index contributed by atoms with van der Waals surface area (Å²) >= 11 is 0. The Morgan fingerprint density at radius 2 is 1.00 bits per heavy atom. The van der Waals surface area contributed by atoms with Crippen molar-refractivity contribution in [2.75, 3.05) is 0 Å². The van der Waals surface area contributed by atoms with Gasteiger partial charge in [0.05, 0.1) is 11.1 Å². The van der Waals surface area contributed by atoms with Crippen LogP contribution in [0.5, 0.6) is 0 Å². The number of benzene rings is 2. The Labute approximate surface area is 211 Å². The van der Waals surface area contributed by atoms with E-state index in [0.717, 1.165) is 49.7 Å². The standard InChI is InChI=1S/C27H34O9/c1-5-7-9-21-11-15-23(16-12-21)25(28)35-33-19(3)31-27(30)32-20(4)34-36-26(29)24-17-13-22(14-18-24)10-8-6-2/h11-20H,5-10H2,1-4H3. The Balaban J connectivity index is 1.67. The van der Waals surface area contributed by atoms with Crippen molar-refractivity contribution in [3.8, 4) is 0 Å². The third kappa shape index (κ3) is 10.5. The quantitative estimate of drug-likeness (QED) is 0.131. The van der Waals surface area contributed by atoms with Crippen LogP contribution < -0.4 is 0 Å². The second-order valence-corrected chi connectivity index (χ2v) is 8.16. The molecule has 9 heteroatoms. The predicted molar refractivity (Wildman–Crippen MR) is 130 cm³/mol. The number of hydrogen-bond donors (Lipinski definition) is 0. The van der Waals surface area contributed by atoms with E-state index in [4.69, 9.17) is 29.0 Å². The van der Waals surface area contributed by atoms with Crippen LogP contribution >= 0.6 is 0 Å². The third-order valence-corrected chi connectivity index (χ3v) is 5.06. The van der Waals surface area contributed by atoms with Gasteiger partial charge in [-0.2, -0.15) is 0 Å². The molecule has 0 aliphatic heterocycles. The van der Waals surface area contributed by atoms with Gasteiger partial charge in [0.1, 0.15) is 0 Å². The number of carbonyl (C=O) groups is 3. The van der Waals surface area contributed by atoms with Gasteiger partial charge < -0.3 is 9.47 Å². The molecule has 2 atom stereocenters. The molecule has 196 valence electrons. The molecule has 2 rings (SSSR count). The van der Waals surface area contributed by atoms with Gasteiger partial charge in [-0.1, -0.05) is 51.0 Å². The lowest BCUT2D eigenvalue weighted by Gasteiger charge is -2.15. The van der Waals surface area contributed by atoms with E-state index < -0.39 is 30.7 Å². The monoisotopic (exact) mass is 502 g/mol. The second kappa shape index (κ2) is 15.5. The number of unbranched alkanes of at least 4 members (excludes halogenated alkanes) is 2. The van der Waals surface area contributed by atoms with Crippen molar-refractivity contribution >= 4 is 18.1 Å². The molecule has 2 unspecified atom stereocenters. The third-order valence-electron chi connectivity index (χ3n) is 5.06. The van der Waals surface area contributed by atoms with Crippen LogP contribution in [0.15, 0.2) is 48.5 Å². The Kier molecular flexibility index (Phi) is 12.4. The van der Waals surface area contributed by atoms with Gasteiger partial charge >= 0.3 is 18.1 Å². The Bertz CT molecular complexity index is 877. The van der Waals surface area contributed by atoms with Crippen LogP contribution in [0.4, 0.5) is 4.79 Å². The highest BCUT2D eigenvalue weighted by Crippen LogP contribution is 2.12. The molecule has 0 amide bonds. The number of carbonyl (C=O) groups excluding carboxylic acids is 3. The van der Waals surface area contributed by atoms with Crippen LogP contribution in [0.2, 0.25) is 0 Å². The lowest BCUT2D eigenvalue weighted by molar-refractivity contribution is -0.340. The maximum Gasteiger partial charge on any atom is 0.513 e. The van der Waals surface area contributed by atoms with Crippen LogP contribution in [0.1, 0.15) is 85.2 Å². The number of aryl methyl sites for hydroxylation is 2. The van der Waals surface area contributed by atoms with Crippen molar-refractivity contribution in [3.05, 3.63) is 70.8 Å². The lowest BCUT2D eigenvalue weighted by atomic mass is 10.1. The lowest BCUT2D eigenvalue weighted by Crippen LogP contribution is -2.25. The average molecular weight is 503 g/mol. The molecule has 0 aliphatic carbocycles. The van der Waals surface area contributed by atoms with E-state index in [2.05, 4.69) is 13.8 Å². The minimum atomic E-state index is -1.26. The molecule has 0 aromatic heterocycles. The highest BCUT2D eigenvalue weighted by atomic mass is 17.2. The Morgan fingerprint density at radius 1 is 0.639 bits per heavy atom. The molecular weight excluding hydrogens is 468 g/mol. The summed E-state index contributed by atoms with van der Waals surface area (Å²) in [5, 5.41) is 0. The maximum absolute atomic E-state index is 12.1. The van der Waals surface area contributed by atoms with Crippen LogP contribution in [0.25, 0.3) is 0 Å².